The molecule has 0 fully saturated rings. The molecule has 4 heterocycles. The van der Waals surface area contributed by atoms with Crippen molar-refractivity contribution in [2.45, 2.75) is 6.54 Å². The number of hydrogen-bond acceptors (Lipinski definition) is 8. The summed E-state index contributed by atoms with van der Waals surface area (Å²) in [6.45, 7) is 2.16. The summed E-state index contributed by atoms with van der Waals surface area (Å²) in [5.41, 5.74) is 12.7. The molecule has 0 unspecified atom stereocenters. The van der Waals surface area contributed by atoms with Crippen molar-refractivity contribution in [3.05, 3.63) is 90.0 Å². The highest BCUT2D eigenvalue weighted by molar-refractivity contribution is 6.14. The summed E-state index contributed by atoms with van der Waals surface area (Å²) in [5, 5.41) is 7.96. The third-order valence-corrected chi connectivity index (χ3v) is 7.11. The van der Waals surface area contributed by atoms with Crippen LogP contribution in [0.3, 0.4) is 0 Å². The highest BCUT2D eigenvalue weighted by Gasteiger charge is 2.21. The van der Waals surface area contributed by atoms with Gasteiger partial charge in [-0.15, -0.1) is 0 Å². The lowest BCUT2D eigenvalue weighted by molar-refractivity contribution is 0.425. The van der Waals surface area contributed by atoms with Gasteiger partial charge in [-0.3, -0.25) is 9.97 Å². The molecule has 10 heteroatoms. The van der Waals surface area contributed by atoms with Crippen molar-refractivity contribution in [2.75, 3.05) is 51.5 Å². The lowest BCUT2D eigenvalue weighted by atomic mass is 9.95. The van der Waals surface area contributed by atoms with Crippen LogP contribution >= 0.6 is 0 Å². The molecule has 0 aliphatic carbocycles. The lowest BCUT2D eigenvalue weighted by Crippen LogP contribution is -2.22. The van der Waals surface area contributed by atoms with E-state index in [1.165, 1.54) is 12.1 Å². The quantitative estimate of drug-likeness (QED) is 0.258. The monoisotopic (exact) mass is 549 g/mol. The average molecular weight is 550 g/mol. The fraction of sp³-hybridized carbons (Fsp3) is 0.226. The van der Waals surface area contributed by atoms with Gasteiger partial charge in [0.25, 0.3) is 0 Å². The average Bonchev–Trinajstić information content (AvgIpc) is 3.40. The number of likely N-dealkylation sites (N-methyl/N-ethyl adjacent to an activating group) is 1. The number of imidazole rings is 1. The third kappa shape index (κ3) is 5.46. The van der Waals surface area contributed by atoms with E-state index >= 15 is 0 Å². The molecule has 2 aromatic carbocycles. The number of hydrogen-bond donors (Lipinski definition) is 3. The predicted octanol–water partition coefficient (Wildman–Crippen LogP) is 4.72. The van der Waals surface area contributed by atoms with E-state index in [2.05, 4.69) is 60.0 Å². The summed E-state index contributed by atoms with van der Waals surface area (Å²) < 4.78 is 14.7. The van der Waals surface area contributed by atoms with Crippen LogP contribution in [-0.4, -0.2) is 71.8 Å². The summed E-state index contributed by atoms with van der Waals surface area (Å²) in [6, 6.07) is 13.4. The Morgan fingerprint density at radius 2 is 1.73 bits per heavy atom. The second kappa shape index (κ2) is 11.0. The molecule has 9 nitrogen and oxygen atoms in total. The molecule has 0 bridgehead atoms. The second-order valence-electron chi connectivity index (χ2n) is 10.6. The van der Waals surface area contributed by atoms with Gasteiger partial charge >= 0.3 is 0 Å². The van der Waals surface area contributed by atoms with E-state index in [9.17, 15) is 4.39 Å². The van der Waals surface area contributed by atoms with Crippen LogP contribution in [0.25, 0.3) is 33.3 Å². The maximum atomic E-state index is 14.7. The number of aromatic amines is 1. The Bertz CT molecular complexity index is 1760. The highest BCUT2D eigenvalue weighted by Crippen LogP contribution is 2.31. The van der Waals surface area contributed by atoms with E-state index < -0.39 is 0 Å². The van der Waals surface area contributed by atoms with Crippen molar-refractivity contribution in [1.82, 2.24) is 30.3 Å². The first kappa shape index (κ1) is 26.4. The Morgan fingerprint density at radius 1 is 0.878 bits per heavy atom. The van der Waals surface area contributed by atoms with E-state index in [1.54, 1.807) is 12.4 Å². The molecule has 208 valence electrons. The van der Waals surface area contributed by atoms with Crippen LogP contribution < -0.4 is 15.6 Å². The van der Waals surface area contributed by atoms with Crippen LogP contribution in [0.4, 0.5) is 15.8 Å². The number of H-pyrrole nitrogens is 1. The van der Waals surface area contributed by atoms with Crippen LogP contribution in [0.1, 0.15) is 17.0 Å². The summed E-state index contributed by atoms with van der Waals surface area (Å²) in [4.78, 5) is 21.3. The number of fused-ring (bicyclic) bond motifs is 2. The van der Waals surface area contributed by atoms with Gasteiger partial charge in [0.1, 0.15) is 11.5 Å². The van der Waals surface area contributed by atoms with Gasteiger partial charge in [-0.1, -0.05) is 12.1 Å². The molecule has 6 rings (SSSR count). The maximum Gasteiger partial charge on any atom is 0.159 e. The number of anilines is 2. The van der Waals surface area contributed by atoms with Crippen molar-refractivity contribution in [3.63, 3.8) is 0 Å². The molecule has 0 amide bonds. The van der Waals surface area contributed by atoms with Crippen LogP contribution in [0.5, 0.6) is 0 Å². The number of rotatable bonds is 8. The van der Waals surface area contributed by atoms with Crippen molar-refractivity contribution in [2.24, 2.45) is 5.10 Å². The molecule has 41 heavy (non-hydrogen) atoms. The molecule has 3 aromatic heterocycles. The molecule has 0 saturated heterocycles. The summed E-state index contributed by atoms with van der Waals surface area (Å²) in [7, 11) is 8.01. The first-order valence-corrected chi connectivity index (χ1v) is 13.5. The molecule has 0 atom stereocenters. The Kier molecular flexibility index (Phi) is 7.07. The first-order valence-electron chi connectivity index (χ1n) is 13.5. The molecule has 0 radical (unpaired) electrons. The van der Waals surface area contributed by atoms with E-state index in [0.717, 1.165) is 45.6 Å². The maximum absolute atomic E-state index is 14.7. The van der Waals surface area contributed by atoms with Crippen LogP contribution in [0.15, 0.2) is 72.4 Å². The van der Waals surface area contributed by atoms with Crippen molar-refractivity contribution < 1.29 is 4.39 Å². The third-order valence-electron chi connectivity index (χ3n) is 7.11. The molecule has 0 saturated carbocycles. The minimum absolute atomic E-state index is 0.322. The Hall–Kier alpha value is -4.83. The second-order valence-corrected chi connectivity index (χ2v) is 10.6. The van der Waals surface area contributed by atoms with Gasteiger partial charge in [-0.2, -0.15) is 5.10 Å². The summed E-state index contributed by atoms with van der Waals surface area (Å²) in [5.74, 6) is 0.290. The zero-order valence-corrected chi connectivity index (χ0v) is 23.5. The number of hydrazone groups is 1. The number of halogens is 1. The summed E-state index contributed by atoms with van der Waals surface area (Å²) in [6.07, 6.45) is 7.18. The van der Waals surface area contributed by atoms with Crippen molar-refractivity contribution >= 4 is 28.1 Å². The van der Waals surface area contributed by atoms with Gasteiger partial charge in [0.15, 0.2) is 5.82 Å². The molecule has 1 aliphatic rings. The number of nitrogens with one attached hydrogen (secondary N) is 3. The van der Waals surface area contributed by atoms with Crippen molar-refractivity contribution in [3.8, 4) is 22.3 Å². The standard InChI is InChI=1S/C31H32FN9/c1-40(2)8-7-35-24-10-21(9-23(32)13-24)27-17-34-18-28-29(27)38-31(37-28)30-26-12-19(5-6-20(26)15-36-39-30)22-11-25(41(3)4)16-33-14-22/h5-6,9-14,16-18,35-36H,7-8,15H2,1-4H3,(H,37,38). The van der Waals surface area contributed by atoms with Crippen molar-refractivity contribution in [1.29, 1.82) is 0 Å². The highest BCUT2D eigenvalue weighted by atomic mass is 19.1. The molecular weight excluding hydrogens is 517 g/mol. The normalized spacial score (nSPS) is 12.7. The van der Waals surface area contributed by atoms with Crippen LogP contribution in [-0.2, 0) is 6.54 Å². The van der Waals surface area contributed by atoms with E-state index in [0.29, 0.717) is 41.4 Å². The molecule has 5 aromatic rings. The fourth-order valence-corrected chi connectivity index (χ4v) is 4.93. The zero-order valence-electron chi connectivity index (χ0n) is 23.5. The SMILES string of the molecule is CN(C)CCNc1cc(F)cc(-c2cncc3[nH]c(C4=NNCc5ccc(-c6cncc(N(C)C)c6)cc54)nc23)c1. The van der Waals surface area contributed by atoms with Crippen LogP contribution in [0, 0.1) is 5.82 Å². The fourth-order valence-electron chi connectivity index (χ4n) is 4.93. The molecule has 1 aliphatic heterocycles. The minimum atomic E-state index is -0.322. The summed E-state index contributed by atoms with van der Waals surface area (Å²) >= 11 is 0. The number of benzene rings is 2. The van der Waals surface area contributed by atoms with Gasteiger partial charge in [-0.05, 0) is 61.1 Å². The zero-order chi connectivity index (χ0) is 28.5. The van der Waals surface area contributed by atoms with E-state index in [-0.39, 0.29) is 5.82 Å². The van der Waals surface area contributed by atoms with E-state index in [4.69, 9.17) is 4.98 Å². The van der Waals surface area contributed by atoms with Gasteiger partial charge < -0.3 is 25.5 Å². The Morgan fingerprint density at radius 3 is 2.56 bits per heavy atom. The Labute approximate surface area is 238 Å². The molecular formula is C31H32FN9. The van der Waals surface area contributed by atoms with Gasteiger partial charge in [-0.25, -0.2) is 9.37 Å². The molecule has 0 spiro atoms. The topological polar surface area (TPSA) is 97.4 Å². The largest absolute Gasteiger partial charge is 0.384 e. The first-order chi connectivity index (χ1) is 19.9. The lowest BCUT2D eigenvalue weighted by Gasteiger charge is -2.18. The number of pyridine rings is 2. The van der Waals surface area contributed by atoms with E-state index in [1.807, 2.05) is 51.6 Å². The van der Waals surface area contributed by atoms with Gasteiger partial charge in [0.2, 0.25) is 0 Å². The van der Waals surface area contributed by atoms with Gasteiger partial charge in [0.05, 0.1) is 35.7 Å². The number of nitrogens with zero attached hydrogens (tertiary/aromatic N) is 6. The minimum Gasteiger partial charge on any atom is -0.384 e. The Balaban J connectivity index is 1.37. The number of aromatic nitrogens is 4. The molecule has 3 N–H and O–H groups in total. The van der Waals surface area contributed by atoms with Crippen LogP contribution in [0.2, 0.25) is 0 Å². The predicted molar refractivity (Wildman–Crippen MR) is 163 cm³/mol. The van der Waals surface area contributed by atoms with Gasteiger partial charge in [0, 0.05) is 62.0 Å². The smallest absolute Gasteiger partial charge is 0.159 e.